The molecule has 1 aromatic rings. The summed E-state index contributed by atoms with van der Waals surface area (Å²) in [5.41, 5.74) is 6.43. The second-order valence-electron chi connectivity index (χ2n) is 3.56. The lowest BCUT2D eigenvalue weighted by molar-refractivity contribution is 0.0589. The summed E-state index contributed by atoms with van der Waals surface area (Å²) in [6, 6.07) is 1.56. The number of nitrogen functional groups attached to an aromatic ring is 1. The van der Waals surface area contributed by atoms with Crippen molar-refractivity contribution in [3.05, 3.63) is 22.5 Å². The molecule has 1 unspecified atom stereocenters. The number of hydrogen-bond acceptors (Lipinski definition) is 6. The van der Waals surface area contributed by atoms with E-state index in [1.165, 1.54) is 7.11 Å². The van der Waals surface area contributed by atoms with Crippen LogP contribution in [0.3, 0.4) is 0 Å². The molecule has 1 aromatic heterocycles. The number of esters is 1. The molecule has 2 N–H and O–H groups in total. The van der Waals surface area contributed by atoms with Gasteiger partial charge < -0.3 is 15.3 Å². The van der Waals surface area contributed by atoms with Crippen molar-refractivity contribution in [3.63, 3.8) is 0 Å². The molecule has 1 atom stereocenters. The maximum Gasteiger partial charge on any atom is 0.358 e. The standard InChI is InChI=1S/C10H9BrClN3O3/c1-17-10(16)9-8(12)4(13)2-5(14-9)6-3-7(11)15-18-6/h2,6H,3H2,1H3,(H2,13,14). The first-order valence-corrected chi connectivity index (χ1v) is 6.12. The second kappa shape index (κ2) is 5.11. The molecule has 2 heterocycles. The second-order valence-corrected chi connectivity index (χ2v) is 4.85. The molecule has 0 aromatic carbocycles. The van der Waals surface area contributed by atoms with Crippen molar-refractivity contribution in [3.8, 4) is 0 Å². The summed E-state index contributed by atoms with van der Waals surface area (Å²) in [5, 5.41) is 3.82. The Kier molecular flexibility index (Phi) is 3.72. The predicted molar refractivity (Wildman–Crippen MR) is 69.8 cm³/mol. The molecule has 1 aliphatic rings. The van der Waals surface area contributed by atoms with E-state index in [1.54, 1.807) is 6.07 Å². The molecule has 0 bridgehead atoms. The maximum absolute atomic E-state index is 11.5. The number of rotatable bonds is 2. The van der Waals surface area contributed by atoms with Crippen LogP contribution in [0.15, 0.2) is 11.2 Å². The number of anilines is 1. The molecule has 0 fully saturated rings. The van der Waals surface area contributed by atoms with Gasteiger partial charge in [-0.05, 0) is 22.0 Å². The van der Waals surface area contributed by atoms with Crippen LogP contribution in [0.2, 0.25) is 5.02 Å². The minimum atomic E-state index is -0.647. The van der Waals surface area contributed by atoms with Gasteiger partial charge in [0, 0.05) is 6.42 Å². The van der Waals surface area contributed by atoms with Crippen molar-refractivity contribution < 1.29 is 14.4 Å². The maximum atomic E-state index is 11.5. The molecule has 18 heavy (non-hydrogen) atoms. The van der Waals surface area contributed by atoms with Gasteiger partial charge in [0.25, 0.3) is 0 Å². The fourth-order valence-corrected chi connectivity index (χ4v) is 2.03. The normalized spacial score (nSPS) is 18.2. The smallest absolute Gasteiger partial charge is 0.358 e. The van der Waals surface area contributed by atoms with Gasteiger partial charge in [0.1, 0.15) is 4.62 Å². The number of nitrogens with zero attached hydrogens (tertiary/aromatic N) is 2. The van der Waals surface area contributed by atoms with E-state index in [0.29, 0.717) is 16.7 Å². The fourth-order valence-electron chi connectivity index (χ4n) is 1.47. The third-order valence-electron chi connectivity index (χ3n) is 2.35. The number of methoxy groups -OCH3 is 1. The molecule has 0 spiro atoms. The highest BCUT2D eigenvalue weighted by molar-refractivity contribution is 9.18. The van der Waals surface area contributed by atoms with Crippen LogP contribution in [0, 0.1) is 0 Å². The molecule has 96 valence electrons. The number of nitrogens with two attached hydrogens (primary N) is 1. The Balaban J connectivity index is 2.38. The summed E-state index contributed by atoms with van der Waals surface area (Å²) < 4.78 is 5.26. The van der Waals surface area contributed by atoms with Crippen LogP contribution >= 0.6 is 27.5 Å². The topological polar surface area (TPSA) is 86.8 Å². The molecular formula is C10H9BrClN3O3. The van der Waals surface area contributed by atoms with Crippen LogP contribution in [0.1, 0.15) is 28.7 Å². The summed E-state index contributed by atoms with van der Waals surface area (Å²) in [7, 11) is 1.25. The summed E-state index contributed by atoms with van der Waals surface area (Å²) in [6.07, 6.45) is 0.136. The van der Waals surface area contributed by atoms with Crippen molar-refractivity contribution in [2.75, 3.05) is 12.8 Å². The lowest BCUT2D eigenvalue weighted by Gasteiger charge is -2.11. The van der Waals surface area contributed by atoms with Crippen LogP contribution in [0.5, 0.6) is 0 Å². The molecule has 1 aliphatic heterocycles. The van der Waals surface area contributed by atoms with E-state index in [2.05, 4.69) is 30.8 Å². The highest BCUT2D eigenvalue weighted by Gasteiger charge is 2.26. The third kappa shape index (κ3) is 2.41. The van der Waals surface area contributed by atoms with Gasteiger partial charge >= 0.3 is 5.97 Å². The molecule has 0 saturated carbocycles. The van der Waals surface area contributed by atoms with E-state index in [4.69, 9.17) is 22.2 Å². The van der Waals surface area contributed by atoms with Crippen LogP contribution < -0.4 is 5.73 Å². The zero-order valence-corrected chi connectivity index (χ0v) is 11.7. The summed E-state index contributed by atoms with van der Waals surface area (Å²) in [4.78, 5) is 20.8. The molecule has 8 heteroatoms. The van der Waals surface area contributed by atoms with Crippen molar-refractivity contribution >= 4 is 43.8 Å². The van der Waals surface area contributed by atoms with Gasteiger partial charge in [0.05, 0.1) is 23.5 Å². The number of carbonyl (C=O) groups is 1. The van der Waals surface area contributed by atoms with Crippen LogP contribution in [-0.2, 0) is 9.57 Å². The van der Waals surface area contributed by atoms with Gasteiger partial charge in [0.15, 0.2) is 11.8 Å². The molecule has 0 aliphatic carbocycles. The largest absolute Gasteiger partial charge is 0.464 e. The van der Waals surface area contributed by atoms with Crippen molar-refractivity contribution in [2.45, 2.75) is 12.5 Å². The number of pyridine rings is 1. The van der Waals surface area contributed by atoms with Gasteiger partial charge in [-0.2, -0.15) is 0 Å². The Hall–Kier alpha value is -1.34. The summed E-state index contributed by atoms with van der Waals surface area (Å²) in [5.74, 6) is -0.647. The average Bonchev–Trinajstić information content (AvgIpc) is 2.78. The van der Waals surface area contributed by atoms with Crippen molar-refractivity contribution in [1.82, 2.24) is 4.98 Å². The third-order valence-corrected chi connectivity index (χ3v) is 3.21. The van der Waals surface area contributed by atoms with E-state index in [0.717, 1.165) is 0 Å². The van der Waals surface area contributed by atoms with Crippen LogP contribution in [0.4, 0.5) is 5.69 Å². The first-order valence-electron chi connectivity index (χ1n) is 4.95. The average molecular weight is 335 g/mol. The van der Waals surface area contributed by atoms with Crippen molar-refractivity contribution in [2.24, 2.45) is 5.16 Å². The summed E-state index contributed by atoms with van der Waals surface area (Å²) in [6.45, 7) is 0. The van der Waals surface area contributed by atoms with E-state index < -0.39 is 5.97 Å². The highest BCUT2D eigenvalue weighted by atomic mass is 79.9. The first-order chi connectivity index (χ1) is 8.52. The fraction of sp³-hybridized carbons (Fsp3) is 0.300. The van der Waals surface area contributed by atoms with E-state index in [1.807, 2.05) is 0 Å². The highest BCUT2D eigenvalue weighted by Crippen LogP contribution is 2.32. The van der Waals surface area contributed by atoms with Gasteiger partial charge in [-0.15, -0.1) is 0 Å². The van der Waals surface area contributed by atoms with Crippen molar-refractivity contribution in [1.29, 1.82) is 0 Å². The van der Waals surface area contributed by atoms with E-state index in [9.17, 15) is 4.79 Å². The van der Waals surface area contributed by atoms with Gasteiger partial charge in [-0.3, -0.25) is 0 Å². The number of oxime groups is 1. The number of aromatic nitrogens is 1. The minimum Gasteiger partial charge on any atom is -0.464 e. The molecular weight excluding hydrogens is 325 g/mol. The number of carbonyl (C=O) groups excluding carboxylic acids is 1. The SMILES string of the molecule is COC(=O)c1nc(C2CC(Br)=NO2)cc(N)c1Cl. The van der Waals surface area contributed by atoms with Gasteiger partial charge in [0.2, 0.25) is 0 Å². The number of halogens is 2. The quantitative estimate of drug-likeness (QED) is 0.838. The Bertz CT molecular complexity index is 535. The van der Waals surface area contributed by atoms with Crippen LogP contribution in [0.25, 0.3) is 0 Å². The molecule has 0 saturated heterocycles. The molecule has 0 amide bonds. The molecule has 2 rings (SSSR count). The lowest BCUT2D eigenvalue weighted by Crippen LogP contribution is -2.11. The first kappa shape index (κ1) is 13.1. The zero-order chi connectivity index (χ0) is 13.3. The Morgan fingerprint density at radius 1 is 1.72 bits per heavy atom. The van der Waals surface area contributed by atoms with Gasteiger partial charge in [-0.1, -0.05) is 16.8 Å². The monoisotopic (exact) mass is 333 g/mol. The molecule has 0 radical (unpaired) electrons. The molecule has 6 nitrogen and oxygen atoms in total. The Labute approximate surface area is 116 Å². The number of hydrogen-bond donors (Lipinski definition) is 1. The Morgan fingerprint density at radius 3 is 3.00 bits per heavy atom. The van der Waals surface area contributed by atoms with Crippen LogP contribution in [-0.4, -0.2) is 22.7 Å². The van der Waals surface area contributed by atoms with E-state index >= 15 is 0 Å². The summed E-state index contributed by atoms with van der Waals surface area (Å²) >= 11 is 9.13. The Morgan fingerprint density at radius 2 is 2.44 bits per heavy atom. The predicted octanol–water partition coefficient (Wildman–Crippen LogP) is 2.27. The van der Waals surface area contributed by atoms with E-state index in [-0.39, 0.29) is 22.5 Å². The van der Waals surface area contributed by atoms with Gasteiger partial charge in [-0.25, -0.2) is 9.78 Å². The minimum absolute atomic E-state index is 0.0270. The lowest BCUT2D eigenvalue weighted by atomic mass is 10.1. The zero-order valence-electron chi connectivity index (χ0n) is 9.31. The number of ether oxygens (including phenoxy) is 1.